The van der Waals surface area contributed by atoms with Crippen LogP contribution in [0.1, 0.15) is 50.7 Å². The number of guanidine groups is 1. The molecule has 2 rings (SSSR count). The van der Waals surface area contributed by atoms with E-state index < -0.39 is 0 Å². The summed E-state index contributed by atoms with van der Waals surface area (Å²) in [5.74, 6) is 0.942. The summed E-state index contributed by atoms with van der Waals surface area (Å²) >= 11 is 0. The van der Waals surface area contributed by atoms with Crippen LogP contribution in [-0.4, -0.2) is 50.1 Å². The van der Waals surface area contributed by atoms with Crippen LogP contribution in [0.15, 0.2) is 29.3 Å². The molecule has 25 heavy (non-hydrogen) atoms. The largest absolute Gasteiger partial charge is 0.356 e. The Bertz CT molecular complexity index is 501. The lowest BCUT2D eigenvalue weighted by Gasteiger charge is -2.33. The highest BCUT2D eigenvalue weighted by Crippen LogP contribution is 2.11. The summed E-state index contributed by atoms with van der Waals surface area (Å²) in [6.45, 7) is 9.05. The van der Waals surface area contributed by atoms with Crippen LogP contribution in [0.5, 0.6) is 0 Å². The first-order valence-corrected chi connectivity index (χ1v) is 10.0. The molecule has 1 aromatic rings. The molecular formula is C21H36N4. The zero-order valence-corrected chi connectivity index (χ0v) is 16.4. The van der Waals surface area contributed by atoms with Crippen molar-refractivity contribution in [1.82, 2.24) is 15.5 Å². The second kappa shape index (κ2) is 11.1. The number of piperidine rings is 1. The molecule has 0 amide bonds. The van der Waals surface area contributed by atoms with Crippen molar-refractivity contribution in [2.24, 2.45) is 4.99 Å². The topological polar surface area (TPSA) is 39.7 Å². The van der Waals surface area contributed by atoms with E-state index in [0.717, 1.165) is 25.3 Å². The number of hydrogen-bond acceptors (Lipinski definition) is 2. The molecule has 1 heterocycles. The van der Waals surface area contributed by atoms with Crippen molar-refractivity contribution in [2.75, 3.05) is 33.2 Å². The Morgan fingerprint density at radius 2 is 1.80 bits per heavy atom. The Kier molecular flexibility index (Phi) is 8.81. The summed E-state index contributed by atoms with van der Waals surface area (Å²) in [6, 6.07) is 9.49. The molecule has 2 N–H and O–H groups in total. The van der Waals surface area contributed by atoms with E-state index in [-0.39, 0.29) is 0 Å². The highest BCUT2D eigenvalue weighted by Gasteiger charge is 2.19. The van der Waals surface area contributed by atoms with Crippen molar-refractivity contribution in [1.29, 1.82) is 0 Å². The van der Waals surface area contributed by atoms with Gasteiger partial charge in [0.15, 0.2) is 5.96 Å². The number of nitrogens with zero attached hydrogens (tertiary/aromatic N) is 2. The Labute approximate surface area is 154 Å². The van der Waals surface area contributed by atoms with Gasteiger partial charge in [0.1, 0.15) is 0 Å². The van der Waals surface area contributed by atoms with Crippen LogP contribution >= 0.6 is 0 Å². The third-order valence-electron chi connectivity index (χ3n) is 5.12. The lowest BCUT2D eigenvalue weighted by atomic mass is 10.0. The highest BCUT2D eigenvalue weighted by molar-refractivity contribution is 5.79. The van der Waals surface area contributed by atoms with Gasteiger partial charge >= 0.3 is 0 Å². The van der Waals surface area contributed by atoms with Gasteiger partial charge in [-0.15, -0.1) is 0 Å². The Hall–Kier alpha value is -1.55. The third-order valence-corrected chi connectivity index (χ3v) is 5.12. The first-order chi connectivity index (χ1) is 12.2. The van der Waals surface area contributed by atoms with Crippen LogP contribution < -0.4 is 10.6 Å². The molecule has 0 atom stereocenters. The molecule has 0 bridgehead atoms. The fourth-order valence-corrected chi connectivity index (χ4v) is 3.34. The summed E-state index contributed by atoms with van der Waals surface area (Å²) in [7, 11) is 1.86. The zero-order chi connectivity index (χ0) is 17.9. The van der Waals surface area contributed by atoms with Gasteiger partial charge in [0.05, 0.1) is 0 Å². The maximum absolute atomic E-state index is 4.39. The summed E-state index contributed by atoms with van der Waals surface area (Å²) in [5.41, 5.74) is 2.78. The molecule has 4 heteroatoms. The predicted octanol–water partition coefficient (Wildman–Crippen LogP) is 3.22. The van der Waals surface area contributed by atoms with Gasteiger partial charge in [-0.25, -0.2) is 0 Å². The van der Waals surface area contributed by atoms with E-state index in [9.17, 15) is 0 Å². The molecule has 0 spiro atoms. The highest BCUT2D eigenvalue weighted by atomic mass is 15.2. The van der Waals surface area contributed by atoms with Gasteiger partial charge in [-0.2, -0.15) is 0 Å². The van der Waals surface area contributed by atoms with Crippen LogP contribution in [0.2, 0.25) is 0 Å². The molecule has 0 aliphatic carbocycles. The van der Waals surface area contributed by atoms with Crippen LogP contribution in [-0.2, 0) is 12.8 Å². The molecule has 0 aromatic heterocycles. The summed E-state index contributed by atoms with van der Waals surface area (Å²) in [6.07, 6.45) is 7.16. The van der Waals surface area contributed by atoms with Crippen LogP contribution in [0, 0.1) is 0 Å². The van der Waals surface area contributed by atoms with Gasteiger partial charge in [-0.05, 0) is 49.8 Å². The number of hydrogen-bond donors (Lipinski definition) is 2. The fraction of sp³-hybridized carbons (Fsp3) is 0.667. The van der Waals surface area contributed by atoms with E-state index in [1.807, 2.05) is 7.05 Å². The lowest BCUT2D eigenvalue weighted by molar-refractivity contribution is 0.203. The van der Waals surface area contributed by atoms with E-state index in [1.54, 1.807) is 0 Å². The summed E-state index contributed by atoms with van der Waals surface area (Å²) < 4.78 is 0. The molecule has 0 unspecified atom stereocenters. The Morgan fingerprint density at radius 1 is 1.12 bits per heavy atom. The maximum atomic E-state index is 4.39. The van der Waals surface area contributed by atoms with Crippen molar-refractivity contribution in [3.63, 3.8) is 0 Å². The number of likely N-dealkylation sites (tertiary alicyclic amines) is 1. The maximum Gasteiger partial charge on any atom is 0.191 e. The quantitative estimate of drug-likeness (QED) is 0.562. The molecule has 0 saturated carbocycles. The molecule has 4 nitrogen and oxygen atoms in total. The summed E-state index contributed by atoms with van der Waals surface area (Å²) in [5, 5.41) is 7.06. The van der Waals surface area contributed by atoms with E-state index in [0.29, 0.717) is 6.04 Å². The van der Waals surface area contributed by atoms with Gasteiger partial charge in [0.2, 0.25) is 0 Å². The van der Waals surface area contributed by atoms with Gasteiger partial charge < -0.3 is 15.5 Å². The van der Waals surface area contributed by atoms with Gasteiger partial charge in [0, 0.05) is 32.7 Å². The van der Waals surface area contributed by atoms with Crippen molar-refractivity contribution in [2.45, 2.75) is 58.4 Å². The van der Waals surface area contributed by atoms with E-state index in [2.05, 4.69) is 58.6 Å². The third kappa shape index (κ3) is 7.07. The molecule has 140 valence electrons. The number of benzene rings is 1. The first-order valence-electron chi connectivity index (χ1n) is 10.0. The molecular weight excluding hydrogens is 308 g/mol. The van der Waals surface area contributed by atoms with Crippen LogP contribution in [0.3, 0.4) is 0 Å². The average molecular weight is 345 g/mol. The number of aryl methyl sites for hydroxylation is 1. The predicted molar refractivity (Wildman–Crippen MR) is 108 cm³/mol. The molecule has 1 fully saturated rings. The monoisotopic (exact) mass is 344 g/mol. The molecule has 0 radical (unpaired) electrons. The van der Waals surface area contributed by atoms with Gasteiger partial charge in [-0.1, -0.05) is 44.5 Å². The smallest absolute Gasteiger partial charge is 0.191 e. The zero-order valence-electron chi connectivity index (χ0n) is 16.4. The minimum atomic E-state index is 0.549. The molecule has 1 aliphatic rings. The van der Waals surface area contributed by atoms with Crippen molar-refractivity contribution < 1.29 is 0 Å². The Balaban J connectivity index is 1.67. The lowest BCUT2D eigenvalue weighted by Crippen LogP contribution is -2.49. The van der Waals surface area contributed by atoms with E-state index in [4.69, 9.17) is 0 Å². The number of rotatable bonds is 8. The summed E-state index contributed by atoms with van der Waals surface area (Å²) in [4.78, 5) is 6.99. The van der Waals surface area contributed by atoms with Crippen molar-refractivity contribution >= 4 is 5.96 Å². The second-order valence-corrected chi connectivity index (χ2v) is 7.03. The van der Waals surface area contributed by atoms with Crippen molar-refractivity contribution in [3.8, 4) is 0 Å². The van der Waals surface area contributed by atoms with E-state index in [1.165, 1.54) is 56.4 Å². The van der Waals surface area contributed by atoms with Crippen LogP contribution in [0.4, 0.5) is 0 Å². The van der Waals surface area contributed by atoms with Gasteiger partial charge in [0.25, 0.3) is 0 Å². The molecule has 1 saturated heterocycles. The minimum absolute atomic E-state index is 0.549. The van der Waals surface area contributed by atoms with Crippen molar-refractivity contribution in [3.05, 3.63) is 35.4 Å². The standard InChI is InChI=1S/C21H36N4/c1-4-6-15-25-16-12-20(13-17-25)24-21(22-3)23-14-11-19-9-7-18(5-2)8-10-19/h7-10,20H,4-6,11-17H2,1-3H3,(H2,22,23,24). The molecule has 1 aliphatic heterocycles. The normalized spacial score (nSPS) is 16.8. The minimum Gasteiger partial charge on any atom is -0.356 e. The second-order valence-electron chi connectivity index (χ2n) is 7.03. The number of aliphatic imine (C=N–C) groups is 1. The fourth-order valence-electron chi connectivity index (χ4n) is 3.34. The number of unbranched alkanes of at least 4 members (excludes halogenated alkanes) is 1. The van der Waals surface area contributed by atoms with Crippen LogP contribution in [0.25, 0.3) is 0 Å². The number of nitrogens with one attached hydrogen (secondary N) is 2. The first kappa shape index (κ1) is 19.8. The average Bonchev–Trinajstić information content (AvgIpc) is 2.67. The van der Waals surface area contributed by atoms with Gasteiger partial charge in [-0.3, -0.25) is 4.99 Å². The van der Waals surface area contributed by atoms with E-state index >= 15 is 0 Å². The SMILES string of the molecule is CCCCN1CCC(NC(=NC)NCCc2ccc(CC)cc2)CC1. The Morgan fingerprint density at radius 3 is 2.40 bits per heavy atom. The molecule has 1 aromatic carbocycles.